The summed E-state index contributed by atoms with van der Waals surface area (Å²) >= 11 is 6.04. The first kappa shape index (κ1) is 22.4. The molecule has 1 aromatic rings. The van der Waals surface area contributed by atoms with Gasteiger partial charge in [-0.2, -0.15) is 0 Å². The second-order valence-electron chi connectivity index (χ2n) is 6.03. The van der Waals surface area contributed by atoms with Crippen LogP contribution in [0, 0.1) is 5.82 Å². The number of benzene rings is 1. The Bertz CT molecular complexity index is 529. The average molecular weight is 387 g/mol. The van der Waals surface area contributed by atoms with Gasteiger partial charge in [0.1, 0.15) is 5.82 Å². The van der Waals surface area contributed by atoms with Crippen LogP contribution in [0.5, 0.6) is 0 Å². The first-order valence-electron chi connectivity index (χ1n) is 7.02. The van der Waals surface area contributed by atoms with E-state index in [1.807, 2.05) is 0 Å². The molecule has 2 N–H and O–H groups in total. The summed E-state index contributed by atoms with van der Waals surface area (Å²) in [5, 5.41) is 0.441. The molecule has 2 rings (SSSR count). The van der Waals surface area contributed by atoms with Gasteiger partial charge in [0.25, 0.3) is 0 Å². The Labute approximate surface area is 154 Å². The van der Waals surface area contributed by atoms with Crippen molar-refractivity contribution in [1.29, 1.82) is 0 Å². The zero-order valence-corrected chi connectivity index (χ0v) is 15.6. The van der Waals surface area contributed by atoms with Gasteiger partial charge in [-0.05, 0) is 31.5 Å². The van der Waals surface area contributed by atoms with Gasteiger partial charge in [0.15, 0.2) is 0 Å². The molecule has 0 atom stereocenters. The predicted molar refractivity (Wildman–Crippen MR) is 96.0 cm³/mol. The SMILES string of the molecule is CC(C)(N)C(=O)N1CCN(Cc2ccc(F)cc2Cl)CC1.Cl.Cl. The van der Waals surface area contributed by atoms with Crippen LogP contribution in [0.1, 0.15) is 19.4 Å². The van der Waals surface area contributed by atoms with Gasteiger partial charge in [0.05, 0.1) is 5.54 Å². The highest BCUT2D eigenvalue weighted by molar-refractivity contribution is 6.31. The molecule has 0 radical (unpaired) electrons. The predicted octanol–water partition coefficient (Wildman–Crippen LogP) is 2.70. The quantitative estimate of drug-likeness (QED) is 0.869. The van der Waals surface area contributed by atoms with E-state index < -0.39 is 5.54 Å². The molecule has 1 aliphatic rings. The second-order valence-corrected chi connectivity index (χ2v) is 6.43. The molecule has 132 valence electrons. The molecule has 1 aromatic carbocycles. The highest BCUT2D eigenvalue weighted by atomic mass is 35.5. The van der Waals surface area contributed by atoms with Gasteiger partial charge in [0.2, 0.25) is 5.91 Å². The Morgan fingerprint density at radius 3 is 2.30 bits per heavy atom. The molecule has 0 saturated carbocycles. The lowest BCUT2D eigenvalue weighted by Gasteiger charge is -2.37. The van der Waals surface area contributed by atoms with Crippen molar-refractivity contribution >= 4 is 42.3 Å². The molecule has 0 aliphatic carbocycles. The molecule has 0 bridgehead atoms. The number of piperazine rings is 1. The lowest BCUT2D eigenvalue weighted by molar-refractivity contribution is -0.137. The Morgan fingerprint density at radius 2 is 1.83 bits per heavy atom. The fraction of sp³-hybridized carbons (Fsp3) is 0.533. The van der Waals surface area contributed by atoms with Crippen molar-refractivity contribution in [3.63, 3.8) is 0 Å². The lowest BCUT2D eigenvalue weighted by atomic mass is 10.0. The van der Waals surface area contributed by atoms with Crippen LogP contribution < -0.4 is 5.73 Å². The number of hydrogen-bond donors (Lipinski definition) is 1. The molecule has 23 heavy (non-hydrogen) atoms. The minimum Gasteiger partial charge on any atom is -0.339 e. The highest BCUT2D eigenvalue weighted by Crippen LogP contribution is 2.20. The number of halogens is 4. The van der Waals surface area contributed by atoms with Gasteiger partial charge in [0, 0.05) is 37.7 Å². The maximum atomic E-state index is 13.0. The molecule has 4 nitrogen and oxygen atoms in total. The first-order chi connectivity index (χ1) is 9.77. The molecule has 1 aliphatic heterocycles. The van der Waals surface area contributed by atoms with E-state index in [4.69, 9.17) is 17.3 Å². The van der Waals surface area contributed by atoms with Gasteiger partial charge in [-0.3, -0.25) is 9.69 Å². The molecular formula is C15H23Cl3FN3O. The van der Waals surface area contributed by atoms with Gasteiger partial charge in [-0.1, -0.05) is 17.7 Å². The van der Waals surface area contributed by atoms with E-state index >= 15 is 0 Å². The number of rotatable bonds is 3. The summed E-state index contributed by atoms with van der Waals surface area (Å²) in [6, 6.07) is 4.45. The van der Waals surface area contributed by atoms with Crippen LogP contribution in [0.15, 0.2) is 18.2 Å². The van der Waals surface area contributed by atoms with E-state index in [1.165, 1.54) is 12.1 Å². The van der Waals surface area contributed by atoms with Crippen molar-refractivity contribution in [2.75, 3.05) is 26.2 Å². The van der Waals surface area contributed by atoms with Gasteiger partial charge >= 0.3 is 0 Å². The number of nitrogens with zero attached hydrogens (tertiary/aromatic N) is 2. The Hall–Kier alpha value is -0.590. The van der Waals surface area contributed by atoms with Crippen molar-refractivity contribution in [1.82, 2.24) is 9.80 Å². The topological polar surface area (TPSA) is 49.6 Å². The fourth-order valence-electron chi connectivity index (χ4n) is 2.41. The van der Waals surface area contributed by atoms with Gasteiger partial charge < -0.3 is 10.6 Å². The van der Waals surface area contributed by atoms with Crippen LogP contribution in [-0.2, 0) is 11.3 Å². The minimum atomic E-state index is -0.831. The number of carbonyl (C=O) groups excluding carboxylic acids is 1. The van der Waals surface area contributed by atoms with Crippen LogP contribution in [-0.4, -0.2) is 47.4 Å². The number of nitrogens with two attached hydrogens (primary N) is 1. The zero-order valence-electron chi connectivity index (χ0n) is 13.2. The van der Waals surface area contributed by atoms with E-state index in [0.717, 1.165) is 18.7 Å². The molecule has 1 amide bonds. The molecule has 1 heterocycles. The largest absolute Gasteiger partial charge is 0.339 e. The van der Waals surface area contributed by atoms with Gasteiger partial charge in [-0.25, -0.2) is 4.39 Å². The molecule has 0 spiro atoms. The van der Waals surface area contributed by atoms with Crippen LogP contribution in [0.25, 0.3) is 0 Å². The van der Waals surface area contributed by atoms with Crippen molar-refractivity contribution in [2.45, 2.75) is 25.9 Å². The summed E-state index contributed by atoms with van der Waals surface area (Å²) in [6.45, 7) is 6.93. The third kappa shape index (κ3) is 6.08. The standard InChI is InChI=1S/C15H21ClFN3O.2ClH/c1-15(2,18)14(21)20-7-5-19(6-8-20)10-11-3-4-12(17)9-13(11)16;;/h3-4,9H,5-8,10,18H2,1-2H3;2*1H. The van der Waals surface area contributed by atoms with Crippen LogP contribution in [0.4, 0.5) is 4.39 Å². The van der Waals surface area contributed by atoms with Crippen molar-refractivity contribution in [3.05, 3.63) is 34.6 Å². The third-order valence-corrected chi connectivity index (χ3v) is 3.97. The highest BCUT2D eigenvalue weighted by Gasteiger charge is 2.30. The molecular weight excluding hydrogens is 364 g/mol. The summed E-state index contributed by atoms with van der Waals surface area (Å²) in [5.74, 6) is -0.355. The van der Waals surface area contributed by atoms with Crippen molar-refractivity contribution < 1.29 is 9.18 Å². The number of hydrogen-bond acceptors (Lipinski definition) is 3. The fourth-order valence-corrected chi connectivity index (χ4v) is 2.63. The molecule has 8 heteroatoms. The maximum absolute atomic E-state index is 13.0. The monoisotopic (exact) mass is 385 g/mol. The maximum Gasteiger partial charge on any atom is 0.242 e. The minimum absolute atomic E-state index is 0. The van der Waals surface area contributed by atoms with Gasteiger partial charge in [-0.15, -0.1) is 24.8 Å². The van der Waals surface area contributed by atoms with Crippen molar-refractivity contribution in [2.24, 2.45) is 5.73 Å². The van der Waals surface area contributed by atoms with E-state index in [-0.39, 0.29) is 36.5 Å². The molecule has 1 fully saturated rings. The summed E-state index contributed by atoms with van der Waals surface area (Å²) in [5.41, 5.74) is 5.91. The summed E-state index contributed by atoms with van der Waals surface area (Å²) < 4.78 is 13.0. The Balaban J connectivity index is 0.00000242. The molecule has 0 aromatic heterocycles. The van der Waals surface area contributed by atoms with Crippen LogP contribution >= 0.6 is 36.4 Å². The van der Waals surface area contributed by atoms with E-state index in [1.54, 1.807) is 24.8 Å². The van der Waals surface area contributed by atoms with E-state index in [0.29, 0.717) is 24.7 Å². The Morgan fingerprint density at radius 1 is 1.26 bits per heavy atom. The average Bonchev–Trinajstić information content (AvgIpc) is 2.41. The Kier molecular flexibility index (Phi) is 8.81. The van der Waals surface area contributed by atoms with E-state index in [2.05, 4.69) is 4.90 Å². The normalized spacial score (nSPS) is 15.6. The summed E-state index contributed by atoms with van der Waals surface area (Å²) in [7, 11) is 0. The van der Waals surface area contributed by atoms with Crippen LogP contribution in [0.3, 0.4) is 0 Å². The smallest absolute Gasteiger partial charge is 0.242 e. The zero-order chi connectivity index (χ0) is 15.6. The number of amides is 1. The first-order valence-corrected chi connectivity index (χ1v) is 7.40. The van der Waals surface area contributed by atoms with Crippen molar-refractivity contribution in [3.8, 4) is 0 Å². The van der Waals surface area contributed by atoms with Crippen LogP contribution in [0.2, 0.25) is 5.02 Å². The second kappa shape index (κ2) is 9.04. The lowest BCUT2D eigenvalue weighted by Crippen LogP contribution is -2.56. The molecule has 1 saturated heterocycles. The van der Waals surface area contributed by atoms with E-state index in [9.17, 15) is 9.18 Å². The summed E-state index contributed by atoms with van der Waals surface area (Å²) in [6.07, 6.45) is 0. The molecule has 0 unspecified atom stereocenters. The summed E-state index contributed by atoms with van der Waals surface area (Å²) in [4.78, 5) is 16.1. The number of carbonyl (C=O) groups is 1. The third-order valence-electron chi connectivity index (χ3n) is 3.62.